The highest BCUT2D eigenvalue weighted by Gasteiger charge is 2.26. The van der Waals surface area contributed by atoms with Crippen LogP contribution >= 0.6 is 0 Å². The summed E-state index contributed by atoms with van der Waals surface area (Å²) in [7, 11) is 0. The number of carbonyl (C=O) groups is 6. The van der Waals surface area contributed by atoms with E-state index in [2.05, 4.69) is 18.2 Å². The van der Waals surface area contributed by atoms with Gasteiger partial charge < -0.3 is 35.7 Å². The molecule has 0 aliphatic heterocycles. The number of phenols is 1. The summed E-state index contributed by atoms with van der Waals surface area (Å²) in [5.74, 6) is -9.37. The first kappa shape index (κ1) is 31.7. The molecule has 0 saturated heterocycles. The van der Waals surface area contributed by atoms with Gasteiger partial charge in [0, 0.05) is 0 Å². The monoisotopic (exact) mass is 660 g/mol. The summed E-state index contributed by atoms with van der Waals surface area (Å²) in [5.41, 5.74) is 1.21. The number of hydrogen-bond donors (Lipinski definition) is 7. The van der Waals surface area contributed by atoms with Gasteiger partial charge in [-0.25, -0.2) is 28.8 Å². The van der Waals surface area contributed by atoms with E-state index in [9.17, 15) is 59.4 Å². The van der Waals surface area contributed by atoms with E-state index in [0.29, 0.717) is 5.75 Å². The highest BCUT2D eigenvalue weighted by molar-refractivity contribution is 6.29. The Kier molecular flexibility index (Phi) is 7.44. The summed E-state index contributed by atoms with van der Waals surface area (Å²) < 4.78 is 0. The molecule has 0 aromatic heterocycles. The van der Waals surface area contributed by atoms with Crippen molar-refractivity contribution in [1.82, 2.24) is 0 Å². The molecule has 0 radical (unpaired) electrons. The van der Waals surface area contributed by atoms with E-state index >= 15 is 0 Å². The van der Waals surface area contributed by atoms with Gasteiger partial charge in [0.1, 0.15) is 5.75 Å². The van der Waals surface area contributed by atoms with E-state index in [-0.39, 0.29) is 32.3 Å². The number of aromatic carboxylic acids is 6. The van der Waals surface area contributed by atoms with Crippen molar-refractivity contribution in [2.75, 3.05) is 0 Å². The summed E-state index contributed by atoms with van der Waals surface area (Å²) in [6.07, 6.45) is 0. The topological polar surface area (TPSA) is 244 Å². The highest BCUT2D eigenvalue weighted by Crippen LogP contribution is 2.44. The van der Waals surface area contributed by atoms with Gasteiger partial charge in [-0.3, -0.25) is 0 Å². The molecule has 2 aliphatic carbocycles. The molecule has 49 heavy (non-hydrogen) atoms. The van der Waals surface area contributed by atoms with Crippen LogP contribution in [-0.2, 0) is 0 Å². The van der Waals surface area contributed by atoms with Crippen LogP contribution in [0.2, 0.25) is 0 Å². The summed E-state index contributed by atoms with van der Waals surface area (Å²) >= 11 is 0. The van der Waals surface area contributed by atoms with Crippen molar-refractivity contribution in [3.63, 3.8) is 0 Å². The van der Waals surface area contributed by atoms with Gasteiger partial charge >= 0.3 is 35.8 Å². The molecule has 0 atom stereocenters. The lowest BCUT2D eigenvalue weighted by atomic mass is 9.87. The molecular formula is C36H20O13. The van der Waals surface area contributed by atoms with Crippen molar-refractivity contribution in [2.24, 2.45) is 0 Å². The van der Waals surface area contributed by atoms with Gasteiger partial charge in [-0.1, -0.05) is 24.3 Å². The standard InChI is InChI=1S/C24H12O12.C12H8O/c25-19(26)13-1-7-8(2-14(13)20(27)28)10-4-17(23(33)34)18(24(35)36)6-12(10)11-5-16(22(31)32)15(21(29)30)3-9(7)11;13-10-4-1-8(2-5-10)11-6-3-9-7-12(9)11/h1-6H,(H,25,26)(H,27,28)(H,29,30)(H,31,32)(H,33,34)(H,35,36);1-7,13H. The normalized spacial score (nSPS) is 11.1. The number of fused-ring (bicyclic) bond motifs is 7. The predicted octanol–water partition coefficient (Wildman–Crippen LogP) is 6.38. The minimum atomic E-state index is -1.62. The molecule has 242 valence electrons. The maximum atomic E-state index is 11.8. The maximum Gasteiger partial charge on any atom is 0.336 e. The van der Waals surface area contributed by atoms with E-state index in [4.69, 9.17) is 5.11 Å². The molecule has 7 N–H and O–H groups in total. The number of carboxylic acids is 6. The van der Waals surface area contributed by atoms with Crippen LogP contribution < -0.4 is 0 Å². The summed E-state index contributed by atoms with van der Waals surface area (Å²) in [6, 6.07) is 19.5. The Morgan fingerprint density at radius 1 is 0.327 bits per heavy atom. The Bertz CT molecular complexity index is 2150. The summed E-state index contributed by atoms with van der Waals surface area (Å²) in [6.45, 7) is 0. The molecule has 7 rings (SSSR count). The van der Waals surface area contributed by atoms with E-state index < -0.39 is 69.2 Å². The fourth-order valence-corrected chi connectivity index (χ4v) is 5.84. The second kappa shape index (κ2) is 11.5. The van der Waals surface area contributed by atoms with Crippen LogP contribution in [0.15, 0.2) is 78.9 Å². The molecule has 0 amide bonds. The first-order valence-electron chi connectivity index (χ1n) is 14.1. The molecule has 0 heterocycles. The SMILES string of the molecule is O=C(O)c1cc2c3cc(C(=O)O)c(C(=O)O)cc3c3cc(C(=O)O)c(C(=O)O)cc3c2cc1C(=O)O.Oc1ccc(-c2ccc3cc2-3)cc1. The number of benzene rings is 6. The van der Waals surface area contributed by atoms with Crippen molar-refractivity contribution in [3.8, 4) is 28.0 Å². The van der Waals surface area contributed by atoms with E-state index in [1.807, 2.05) is 12.1 Å². The number of hydrogen-bond acceptors (Lipinski definition) is 7. The van der Waals surface area contributed by atoms with E-state index in [1.165, 1.54) is 22.3 Å². The molecule has 0 fully saturated rings. The van der Waals surface area contributed by atoms with Crippen molar-refractivity contribution in [2.45, 2.75) is 0 Å². The van der Waals surface area contributed by atoms with Gasteiger partial charge in [0.2, 0.25) is 0 Å². The Hall–Kier alpha value is -7.28. The Balaban J connectivity index is 0.000000264. The first-order chi connectivity index (χ1) is 23.2. The fraction of sp³-hybridized carbons (Fsp3) is 0. The van der Waals surface area contributed by atoms with Crippen molar-refractivity contribution in [3.05, 3.63) is 112 Å². The zero-order valence-corrected chi connectivity index (χ0v) is 24.6. The lowest BCUT2D eigenvalue weighted by Gasteiger charge is -2.16. The van der Waals surface area contributed by atoms with Gasteiger partial charge in [0.15, 0.2) is 0 Å². The molecule has 2 aliphatic rings. The molecule has 13 heteroatoms. The Labute approximate surface area is 272 Å². The van der Waals surface area contributed by atoms with Crippen molar-refractivity contribution >= 4 is 68.1 Å². The van der Waals surface area contributed by atoms with Gasteiger partial charge in [-0.15, -0.1) is 0 Å². The zero-order valence-electron chi connectivity index (χ0n) is 24.6. The largest absolute Gasteiger partial charge is 0.508 e. The fourth-order valence-electron chi connectivity index (χ4n) is 5.84. The predicted molar refractivity (Wildman–Crippen MR) is 173 cm³/mol. The van der Waals surface area contributed by atoms with E-state index in [0.717, 1.165) is 36.4 Å². The third-order valence-corrected chi connectivity index (χ3v) is 8.15. The smallest absolute Gasteiger partial charge is 0.336 e. The first-order valence-corrected chi connectivity index (χ1v) is 14.1. The Morgan fingerprint density at radius 3 is 0.796 bits per heavy atom. The lowest BCUT2D eigenvalue weighted by Crippen LogP contribution is -2.11. The second-order valence-electron chi connectivity index (χ2n) is 11.0. The van der Waals surface area contributed by atoms with Gasteiger partial charge in [-0.05, 0) is 109 Å². The highest BCUT2D eigenvalue weighted by atomic mass is 16.4. The van der Waals surface area contributed by atoms with Crippen LogP contribution in [0.3, 0.4) is 0 Å². The molecule has 0 saturated carbocycles. The summed E-state index contributed by atoms with van der Waals surface area (Å²) in [5, 5.41) is 66.4. The van der Waals surface area contributed by atoms with Crippen LogP contribution in [0.25, 0.3) is 54.6 Å². The van der Waals surface area contributed by atoms with Crippen molar-refractivity contribution < 1.29 is 64.5 Å². The van der Waals surface area contributed by atoms with Crippen LogP contribution in [0.4, 0.5) is 0 Å². The molecule has 0 bridgehead atoms. The van der Waals surface area contributed by atoms with Crippen molar-refractivity contribution in [1.29, 1.82) is 0 Å². The van der Waals surface area contributed by atoms with Crippen LogP contribution in [0, 0.1) is 0 Å². The minimum Gasteiger partial charge on any atom is -0.508 e. The lowest BCUT2D eigenvalue weighted by molar-refractivity contribution is 0.0651. The quantitative estimate of drug-likeness (QED) is 0.0919. The van der Waals surface area contributed by atoms with E-state index in [1.54, 1.807) is 12.1 Å². The zero-order chi connectivity index (χ0) is 35.5. The molecule has 5 aromatic rings. The van der Waals surface area contributed by atoms with Gasteiger partial charge in [0.05, 0.1) is 33.4 Å². The molecule has 5 aromatic carbocycles. The number of carboxylic acid groups (broad SMARTS) is 6. The Morgan fingerprint density at radius 2 is 0.592 bits per heavy atom. The van der Waals surface area contributed by atoms with Gasteiger partial charge in [-0.2, -0.15) is 0 Å². The molecule has 13 nitrogen and oxygen atoms in total. The maximum absolute atomic E-state index is 11.8. The van der Waals surface area contributed by atoms with Crippen LogP contribution in [0.1, 0.15) is 62.1 Å². The minimum absolute atomic E-state index is 0.0150. The molecule has 0 unspecified atom stereocenters. The van der Waals surface area contributed by atoms with Crippen LogP contribution in [0.5, 0.6) is 5.75 Å². The third-order valence-electron chi connectivity index (χ3n) is 8.15. The average molecular weight is 661 g/mol. The third kappa shape index (κ3) is 5.46. The van der Waals surface area contributed by atoms with Gasteiger partial charge in [0.25, 0.3) is 0 Å². The average Bonchev–Trinajstić information content (AvgIpc) is 3.72. The second-order valence-corrected chi connectivity index (χ2v) is 11.0. The number of aromatic hydroxyl groups is 1. The number of phenolic OH excluding ortho intramolecular Hbond substituents is 1. The van der Waals surface area contributed by atoms with Crippen LogP contribution in [-0.4, -0.2) is 71.6 Å². The molecular weight excluding hydrogens is 640 g/mol. The molecule has 0 spiro atoms. The summed E-state index contributed by atoms with van der Waals surface area (Å²) in [4.78, 5) is 70.6. The number of rotatable bonds is 7.